The first-order valence-electron chi connectivity index (χ1n) is 10.5. The van der Waals surface area contributed by atoms with Gasteiger partial charge >= 0.3 is 6.03 Å². The molecule has 1 heterocycles. The molecule has 3 aromatic carbocycles. The van der Waals surface area contributed by atoms with Crippen LogP contribution in [-0.4, -0.2) is 22.8 Å². The maximum Gasteiger partial charge on any atom is 0.335 e. The van der Waals surface area contributed by atoms with Crippen LogP contribution < -0.4 is 15.0 Å². The number of imide groups is 2. The van der Waals surface area contributed by atoms with E-state index < -0.39 is 22.8 Å². The Balaban J connectivity index is 1.68. The van der Waals surface area contributed by atoms with Crippen LogP contribution >= 0.6 is 23.2 Å². The average Bonchev–Trinajstić information content (AvgIpc) is 2.83. The van der Waals surface area contributed by atoms with Gasteiger partial charge in [0.15, 0.2) is 0 Å². The van der Waals surface area contributed by atoms with Crippen molar-refractivity contribution in [2.75, 3.05) is 4.90 Å². The second-order valence-corrected chi connectivity index (χ2v) is 8.66. The van der Waals surface area contributed by atoms with Gasteiger partial charge in [0.05, 0.1) is 10.6 Å². The lowest BCUT2D eigenvalue weighted by Gasteiger charge is -2.27. The minimum atomic E-state index is -0.902. The first kappa shape index (κ1) is 24.9. The second kappa shape index (κ2) is 10.2. The van der Waals surface area contributed by atoms with Crippen molar-refractivity contribution >= 4 is 58.5 Å². The SMILES string of the molecule is Cc1ccc(Cl)cc1N1C(=O)NC(=O)/C(=C\c2cc(Cl)ccc2OCc2cccc([N+](=O)[O-])c2)C1=O. The number of anilines is 1. The standard InChI is InChI=1S/C25H17Cl2N3O6/c1-14-5-6-18(27)12-21(14)29-24(32)20(23(31)28-25(29)33)11-16-10-17(26)7-8-22(16)36-13-15-3-2-4-19(9-15)30(34)35/h2-12H,13H2,1H3,(H,28,31,33)/b20-11+. The van der Waals surface area contributed by atoms with Crippen molar-refractivity contribution in [2.24, 2.45) is 0 Å². The Morgan fingerprint density at radius 2 is 1.75 bits per heavy atom. The van der Waals surface area contributed by atoms with Gasteiger partial charge in [0.25, 0.3) is 17.5 Å². The number of nitrogens with one attached hydrogen (secondary N) is 1. The third-order valence-electron chi connectivity index (χ3n) is 5.30. The summed E-state index contributed by atoms with van der Waals surface area (Å²) in [5, 5.41) is 13.8. The molecule has 0 spiro atoms. The van der Waals surface area contributed by atoms with E-state index >= 15 is 0 Å². The van der Waals surface area contributed by atoms with Gasteiger partial charge in [-0.2, -0.15) is 0 Å². The van der Waals surface area contributed by atoms with Crippen LogP contribution in [0.1, 0.15) is 16.7 Å². The molecule has 1 fully saturated rings. The van der Waals surface area contributed by atoms with Gasteiger partial charge in [-0.15, -0.1) is 0 Å². The van der Waals surface area contributed by atoms with Gasteiger partial charge < -0.3 is 4.74 Å². The average molecular weight is 526 g/mol. The molecule has 0 unspecified atom stereocenters. The Labute approximate surface area is 215 Å². The molecule has 1 aliphatic heterocycles. The Kier molecular flexibility index (Phi) is 7.05. The first-order chi connectivity index (χ1) is 17.1. The number of carbonyl (C=O) groups excluding carboxylic acids is 3. The van der Waals surface area contributed by atoms with E-state index in [0.717, 1.165) is 4.90 Å². The van der Waals surface area contributed by atoms with Crippen LogP contribution in [-0.2, 0) is 16.2 Å². The molecule has 0 aliphatic carbocycles. The zero-order valence-corrected chi connectivity index (χ0v) is 20.2. The van der Waals surface area contributed by atoms with Crippen LogP contribution in [0.3, 0.4) is 0 Å². The maximum absolute atomic E-state index is 13.3. The maximum atomic E-state index is 13.3. The van der Waals surface area contributed by atoms with Crippen molar-refractivity contribution in [1.29, 1.82) is 0 Å². The Morgan fingerprint density at radius 1 is 1.03 bits per heavy atom. The van der Waals surface area contributed by atoms with Crippen molar-refractivity contribution in [2.45, 2.75) is 13.5 Å². The number of benzene rings is 3. The number of ether oxygens (including phenoxy) is 1. The van der Waals surface area contributed by atoms with Gasteiger partial charge in [0.1, 0.15) is 17.9 Å². The van der Waals surface area contributed by atoms with E-state index in [2.05, 4.69) is 5.32 Å². The van der Waals surface area contributed by atoms with Crippen LogP contribution in [0.2, 0.25) is 10.0 Å². The van der Waals surface area contributed by atoms with E-state index in [1.807, 2.05) is 0 Å². The molecule has 9 nitrogen and oxygen atoms in total. The third kappa shape index (κ3) is 5.22. The van der Waals surface area contributed by atoms with Crippen molar-refractivity contribution < 1.29 is 24.0 Å². The number of nitro benzene ring substituents is 1. The summed E-state index contributed by atoms with van der Waals surface area (Å²) in [5.74, 6) is -1.47. The summed E-state index contributed by atoms with van der Waals surface area (Å²) in [7, 11) is 0. The van der Waals surface area contributed by atoms with Gasteiger partial charge in [0.2, 0.25) is 0 Å². The van der Waals surface area contributed by atoms with Crippen LogP contribution in [0.5, 0.6) is 5.75 Å². The molecule has 36 heavy (non-hydrogen) atoms. The molecule has 1 N–H and O–H groups in total. The molecule has 3 aromatic rings. The number of nitro groups is 1. The number of hydrogen-bond donors (Lipinski definition) is 1. The smallest absolute Gasteiger partial charge is 0.335 e. The van der Waals surface area contributed by atoms with Gasteiger partial charge in [-0.3, -0.25) is 25.0 Å². The predicted octanol–water partition coefficient (Wildman–Crippen LogP) is 5.46. The van der Waals surface area contributed by atoms with E-state index in [9.17, 15) is 24.5 Å². The molecule has 4 rings (SSSR count). The van der Waals surface area contributed by atoms with Crippen LogP contribution in [0.15, 0.2) is 66.2 Å². The minimum Gasteiger partial charge on any atom is -0.488 e. The molecule has 0 radical (unpaired) electrons. The number of amides is 4. The molecule has 1 saturated heterocycles. The van der Waals surface area contributed by atoms with Crippen molar-refractivity contribution in [3.05, 3.63) is 103 Å². The summed E-state index contributed by atoms with van der Waals surface area (Å²) in [4.78, 5) is 49.8. The fourth-order valence-corrected chi connectivity index (χ4v) is 3.89. The van der Waals surface area contributed by atoms with E-state index in [1.165, 1.54) is 36.4 Å². The highest BCUT2D eigenvalue weighted by Crippen LogP contribution is 2.31. The van der Waals surface area contributed by atoms with Gasteiger partial charge in [-0.25, -0.2) is 9.69 Å². The lowest BCUT2D eigenvalue weighted by atomic mass is 10.0. The molecule has 0 aromatic heterocycles. The number of barbiturate groups is 1. The zero-order valence-electron chi connectivity index (χ0n) is 18.7. The highest BCUT2D eigenvalue weighted by Gasteiger charge is 2.37. The number of halogens is 2. The number of carbonyl (C=O) groups is 3. The molecule has 1 aliphatic rings. The predicted molar refractivity (Wildman–Crippen MR) is 134 cm³/mol. The van der Waals surface area contributed by atoms with Crippen molar-refractivity contribution in [3.8, 4) is 5.75 Å². The van der Waals surface area contributed by atoms with E-state index in [-0.39, 0.29) is 29.3 Å². The molecular formula is C25H17Cl2N3O6. The fourth-order valence-electron chi connectivity index (χ4n) is 3.54. The summed E-state index contributed by atoms with van der Waals surface area (Å²) in [6.45, 7) is 1.68. The number of aryl methyl sites for hydroxylation is 1. The third-order valence-corrected chi connectivity index (χ3v) is 5.77. The van der Waals surface area contributed by atoms with Crippen LogP contribution in [0, 0.1) is 17.0 Å². The summed E-state index contributed by atoms with van der Waals surface area (Å²) in [6, 6.07) is 14.3. The number of nitrogens with zero attached hydrogens (tertiary/aromatic N) is 2. The van der Waals surface area contributed by atoms with Crippen molar-refractivity contribution in [3.63, 3.8) is 0 Å². The highest BCUT2D eigenvalue weighted by molar-refractivity contribution is 6.40. The molecular weight excluding hydrogens is 509 g/mol. The minimum absolute atomic E-state index is 0.0219. The normalized spacial score (nSPS) is 14.7. The molecule has 182 valence electrons. The van der Waals surface area contributed by atoms with Crippen LogP contribution in [0.4, 0.5) is 16.2 Å². The van der Waals surface area contributed by atoms with E-state index in [1.54, 1.807) is 37.3 Å². The molecule has 11 heteroatoms. The van der Waals surface area contributed by atoms with Crippen LogP contribution in [0.25, 0.3) is 6.08 Å². The largest absolute Gasteiger partial charge is 0.488 e. The summed E-state index contributed by atoms with van der Waals surface area (Å²) in [5.41, 5.74) is 1.26. The molecule has 0 bridgehead atoms. The van der Waals surface area contributed by atoms with Gasteiger partial charge in [-0.1, -0.05) is 41.4 Å². The quantitative estimate of drug-likeness (QED) is 0.197. The topological polar surface area (TPSA) is 119 Å². The second-order valence-electron chi connectivity index (χ2n) is 7.79. The summed E-state index contributed by atoms with van der Waals surface area (Å²) < 4.78 is 5.83. The van der Waals surface area contributed by atoms with E-state index in [4.69, 9.17) is 27.9 Å². The number of urea groups is 1. The van der Waals surface area contributed by atoms with E-state index in [0.29, 0.717) is 26.7 Å². The molecule has 4 amide bonds. The number of rotatable bonds is 6. The monoisotopic (exact) mass is 525 g/mol. The van der Waals surface area contributed by atoms with Gasteiger partial charge in [0, 0.05) is 27.7 Å². The zero-order chi connectivity index (χ0) is 26.0. The van der Waals surface area contributed by atoms with Crippen molar-refractivity contribution in [1.82, 2.24) is 5.32 Å². The lowest BCUT2D eigenvalue weighted by molar-refractivity contribution is -0.384. The summed E-state index contributed by atoms with van der Waals surface area (Å²) >= 11 is 12.2. The lowest BCUT2D eigenvalue weighted by Crippen LogP contribution is -2.54. The fraction of sp³-hybridized carbons (Fsp3) is 0.0800. The number of non-ortho nitro benzene ring substituents is 1. The molecule has 0 atom stereocenters. The van der Waals surface area contributed by atoms with Gasteiger partial charge in [-0.05, 0) is 54.5 Å². The Hall–Kier alpha value is -4.21. The Morgan fingerprint density at radius 3 is 2.50 bits per heavy atom. The number of hydrogen-bond acceptors (Lipinski definition) is 6. The Bertz CT molecular complexity index is 1450. The molecule has 0 saturated carbocycles. The summed E-state index contributed by atoms with van der Waals surface area (Å²) in [6.07, 6.45) is 1.27. The highest BCUT2D eigenvalue weighted by atomic mass is 35.5. The first-order valence-corrected chi connectivity index (χ1v) is 11.2.